The van der Waals surface area contributed by atoms with Crippen molar-refractivity contribution in [2.45, 2.75) is 51.2 Å². The molecule has 10 nitrogen and oxygen atoms in total. The van der Waals surface area contributed by atoms with Crippen molar-refractivity contribution in [3.8, 4) is 17.1 Å². The molecule has 0 aliphatic rings. The molecule has 0 aliphatic heterocycles. The number of tetrazole rings is 1. The van der Waals surface area contributed by atoms with Gasteiger partial charge in [-0.25, -0.2) is 13.4 Å². The Hall–Kier alpha value is -4.38. The summed E-state index contributed by atoms with van der Waals surface area (Å²) in [6, 6.07) is 18.0. The van der Waals surface area contributed by atoms with Crippen LogP contribution in [0.5, 0.6) is 5.75 Å². The highest BCUT2D eigenvalue weighted by Gasteiger charge is 2.15. The number of benzene rings is 3. The fourth-order valence-electron chi connectivity index (χ4n) is 4.56. The average molecular weight is 559 g/mol. The Balaban J connectivity index is 1.38. The van der Waals surface area contributed by atoms with Crippen molar-refractivity contribution >= 4 is 20.7 Å². The van der Waals surface area contributed by atoms with E-state index in [9.17, 15) is 13.2 Å². The molecule has 0 saturated heterocycles. The minimum absolute atomic E-state index is 0.103. The first-order chi connectivity index (χ1) is 19.2. The van der Waals surface area contributed by atoms with E-state index >= 15 is 0 Å². The Morgan fingerprint density at radius 3 is 2.55 bits per heavy atom. The smallest absolute Gasteiger partial charge is 0.261 e. The zero-order valence-electron chi connectivity index (χ0n) is 22.6. The normalized spacial score (nSPS) is 11.7. The molecule has 0 radical (unpaired) electrons. The summed E-state index contributed by atoms with van der Waals surface area (Å²) in [5, 5.41) is 14.5. The lowest BCUT2D eigenvalue weighted by Gasteiger charge is -2.15. The van der Waals surface area contributed by atoms with Crippen LogP contribution in [0.2, 0.25) is 0 Å². The molecule has 0 aliphatic carbocycles. The number of aromatic nitrogens is 6. The Bertz CT molecular complexity index is 1810. The zero-order chi connectivity index (χ0) is 28.3. The monoisotopic (exact) mass is 558 g/mol. The average Bonchev–Trinajstić information content (AvgIpc) is 3.48. The molecule has 5 aromatic rings. The summed E-state index contributed by atoms with van der Waals surface area (Å²) in [7, 11) is -3.45. The highest BCUT2D eigenvalue weighted by atomic mass is 32.2. The predicted molar refractivity (Wildman–Crippen MR) is 152 cm³/mol. The molecule has 1 N–H and O–H groups in total. The number of hydrogen-bond donors (Lipinski definition) is 1. The molecule has 5 rings (SSSR count). The van der Waals surface area contributed by atoms with E-state index < -0.39 is 9.84 Å². The molecule has 0 fully saturated rings. The van der Waals surface area contributed by atoms with Gasteiger partial charge in [0.2, 0.25) is 5.82 Å². The topological polar surface area (TPSA) is 133 Å². The lowest BCUT2D eigenvalue weighted by molar-refractivity contribution is 0.305. The Labute approximate surface area is 232 Å². The van der Waals surface area contributed by atoms with Crippen LogP contribution < -0.4 is 10.3 Å². The van der Waals surface area contributed by atoms with E-state index in [1.54, 1.807) is 10.6 Å². The summed E-state index contributed by atoms with van der Waals surface area (Å²) < 4.78 is 31.9. The molecule has 0 saturated carbocycles. The number of nitrogens with zero attached hydrogens (tertiary/aromatic N) is 5. The van der Waals surface area contributed by atoms with Crippen molar-refractivity contribution < 1.29 is 13.2 Å². The van der Waals surface area contributed by atoms with Crippen LogP contribution in [0.1, 0.15) is 42.3 Å². The van der Waals surface area contributed by atoms with Crippen LogP contribution in [0.3, 0.4) is 0 Å². The molecular formula is C29H30N6O4S. The van der Waals surface area contributed by atoms with Gasteiger partial charge in [-0.3, -0.25) is 9.36 Å². The summed E-state index contributed by atoms with van der Waals surface area (Å²) in [6.07, 6.45) is 3.63. The fraction of sp³-hybridized carbons (Fsp3) is 0.276. The maximum Gasteiger partial charge on any atom is 0.261 e. The number of sulfone groups is 1. The molecular weight excluding hydrogens is 528 g/mol. The maximum absolute atomic E-state index is 13.6. The Morgan fingerprint density at radius 2 is 1.85 bits per heavy atom. The molecule has 0 bridgehead atoms. The number of hydrogen-bond acceptors (Lipinski definition) is 8. The number of H-pyrrole nitrogens is 1. The first kappa shape index (κ1) is 27.2. The number of aromatic amines is 1. The molecule has 0 spiro atoms. The molecule has 2 aromatic heterocycles. The third kappa shape index (κ3) is 5.79. The lowest BCUT2D eigenvalue weighted by atomic mass is 10.0. The van der Waals surface area contributed by atoms with Crippen molar-refractivity contribution in [1.82, 2.24) is 30.2 Å². The van der Waals surface area contributed by atoms with Gasteiger partial charge in [-0.15, -0.1) is 10.2 Å². The highest BCUT2D eigenvalue weighted by molar-refractivity contribution is 7.90. The van der Waals surface area contributed by atoms with E-state index in [4.69, 9.17) is 9.72 Å². The molecule has 11 heteroatoms. The van der Waals surface area contributed by atoms with E-state index in [0.717, 1.165) is 41.4 Å². The second-order valence-corrected chi connectivity index (χ2v) is 11.7. The van der Waals surface area contributed by atoms with Crippen molar-refractivity contribution in [3.05, 3.63) is 93.5 Å². The molecule has 0 atom stereocenters. The van der Waals surface area contributed by atoms with Crippen LogP contribution in [0.15, 0.2) is 70.4 Å². The van der Waals surface area contributed by atoms with E-state index in [-0.39, 0.29) is 10.5 Å². The van der Waals surface area contributed by atoms with Crippen molar-refractivity contribution in [1.29, 1.82) is 0 Å². The maximum atomic E-state index is 13.6. The molecule has 0 amide bonds. The quantitative estimate of drug-likeness (QED) is 0.269. The van der Waals surface area contributed by atoms with Crippen LogP contribution in [0, 0.1) is 6.92 Å². The molecule has 0 unspecified atom stereocenters. The summed E-state index contributed by atoms with van der Waals surface area (Å²) in [5.41, 5.74) is 4.07. The second-order valence-electron chi connectivity index (χ2n) is 9.73. The van der Waals surface area contributed by atoms with Crippen molar-refractivity contribution in [3.63, 3.8) is 0 Å². The van der Waals surface area contributed by atoms with Gasteiger partial charge in [0, 0.05) is 18.2 Å². The number of nitrogens with one attached hydrogen (secondary N) is 1. The van der Waals surface area contributed by atoms with Crippen LogP contribution >= 0.6 is 0 Å². The molecule has 40 heavy (non-hydrogen) atoms. The summed E-state index contributed by atoms with van der Waals surface area (Å²) in [4.78, 5) is 18.4. The van der Waals surface area contributed by atoms with Crippen molar-refractivity contribution in [2.24, 2.45) is 0 Å². The Kier molecular flexibility index (Phi) is 7.74. The van der Waals surface area contributed by atoms with Crippen molar-refractivity contribution in [2.75, 3.05) is 6.26 Å². The Morgan fingerprint density at radius 1 is 1.05 bits per heavy atom. The largest absolute Gasteiger partial charge is 0.489 e. The van der Waals surface area contributed by atoms with Gasteiger partial charge in [-0.1, -0.05) is 43.7 Å². The summed E-state index contributed by atoms with van der Waals surface area (Å²) >= 11 is 0. The van der Waals surface area contributed by atoms with Crippen LogP contribution in [0.25, 0.3) is 22.3 Å². The third-order valence-corrected chi connectivity index (χ3v) is 7.99. The number of unbranched alkanes of at least 4 members (excludes halogenated alkanes) is 1. The first-order valence-corrected chi connectivity index (χ1v) is 14.9. The van der Waals surface area contributed by atoms with E-state index in [1.165, 1.54) is 12.1 Å². The fourth-order valence-corrected chi connectivity index (χ4v) is 5.21. The van der Waals surface area contributed by atoms with Gasteiger partial charge < -0.3 is 4.74 Å². The van der Waals surface area contributed by atoms with Gasteiger partial charge in [0.05, 0.1) is 22.3 Å². The van der Waals surface area contributed by atoms with Gasteiger partial charge >= 0.3 is 0 Å². The van der Waals surface area contributed by atoms with E-state index in [0.29, 0.717) is 47.9 Å². The lowest BCUT2D eigenvalue weighted by Crippen LogP contribution is -2.26. The van der Waals surface area contributed by atoms with Crippen LogP contribution in [-0.2, 0) is 29.4 Å². The highest BCUT2D eigenvalue weighted by Crippen LogP contribution is 2.24. The van der Waals surface area contributed by atoms with E-state index in [1.807, 2.05) is 49.4 Å². The minimum Gasteiger partial charge on any atom is -0.489 e. The number of aryl methyl sites for hydroxylation is 1. The number of rotatable bonds is 10. The minimum atomic E-state index is -3.45. The molecule has 206 valence electrons. The second kappa shape index (κ2) is 11.4. The zero-order valence-corrected chi connectivity index (χ0v) is 23.4. The van der Waals surface area contributed by atoms with Crippen LogP contribution in [0.4, 0.5) is 0 Å². The third-order valence-electron chi connectivity index (χ3n) is 6.88. The number of fused-ring (bicyclic) bond motifs is 1. The summed E-state index contributed by atoms with van der Waals surface area (Å²) in [6.45, 7) is 4.77. The molecule has 3 aromatic carbocycles. The van der Waals surface area contributed by atoms with Gasteiger partial charge in [-0.2, -0.15) is 5.21 Å². The summed E-state index contributed by atoms with van der Waals surface area (Å²) in [5.74, 6) is 1.91. The standard InChI is InChI=1S/C29H30N6O4S/c1-4-5-9-27-30-26-15-14-23(40(3,37)38)16-25(26)29(36)35(27)17-20-10-12-22(13-11-20)39-18-21-7-6-8-24(19(21)2)28-31-33-34-32-28/h6-8,10-16H,4-5,9,17-18H2,1-3H3,(H,31,32,33,34). The first-order valence-electron chi connectivity index (χ1n) is 13.0. The van der Waals surface area contributed by atoms with Gasteiger partial charge in [0.15, 0.2) is 9.84 Å². The van der Waals surface area contributed by atoms with Gasteiger partial charge in [0.25, 0.3) is 5.56 Å². The number of ether oxygens (including phenoxy) is 1. The van der Waals surface area contributed by atoms with Gasteiger partial charge in [0.1, 0.15) is 18.2 Å². The SMILES string of the molecule is CCCCc1nc2ccc(S(C)(=O)=O)cc2c(=O)n1Cc1ccc(OCc2cccc(-c3nn[nH]n3)c2C)cc1. The predicted octanol–water partition coefficient (Wildman–Crippen LogP) is 4.26. The van der Waals surface area contributed by atoms with Gasteiger partial charge in [-0.05, 0) is 65.6 Å². The van der Waals surface area contributed by atoms with E-state index in [2.05, 4.69) is 27.5 Å². The molecule has 2 heterocycles. The van der Waals surface area contributed by atoms with Crippen LogP contribution in [-0.4, -0.2) is 44.8 Å².